The van der Waals surface area contributed by atoms with E-state index in [1.54, 1.807) is 6.92 Å². The van der Waals surface area contributed by atoms with Crippen molar-refractivity contribution in [3.63, 3.8) is 0 Å². The molecular formula is C20H32F3NO3Si. The van der Waals surface area contributed by atoms with Gasteiger partial charge in [0, 0.05) is 24.7 Å². The zero-order valence-corrected chi connectivity index (χ0v) is 18.6. The van der Waals surface area contributed by atoms with Gasteiger partial charge in [-0.3, -0.25) is 0 Å². The van der Waals surface area contributed by atoms with Crippen LogP contribution >= 0.6 is 0 Å². The van der Waals surface area contributed by atoms with Gasteiger partial charge in [0.15, 0.2) is 14.0 Å². The molecule has 1 N–H and O–H groups in total. The fraction of sp³-hybridized carbons (Fsp3) is 0.850. The summed E-state index contributed by atoms with van der Waals surface area (Å²) in [6.07, 6.45) is -0.288. The summed E-state index contributed by atoms with van der Waals surface area (Å²) in [4.78, 5) is 5.61. The molecule has 0 amide bonds. The molecule has 0 radical (unpaired) electrons. The highest BCUT2D eigenvalue weighted by Crippen LogP contribution is 2.56. The second-order valence-corrected chi connectivity index (χ2v) is 15.0. The van der Waals surface area contributed by atoms with Gasteiger partial charge >= 0.3 is 6.18 Å². The van der Waals surface area contributed by atoms with E-state index in [0.717, 1.165) is 18.4 Å². The Balaban J connectivity index is 2.08. The van der Waals surface area contributed by atoms with Crippen molar-refractivity contribution in [3.05, 3.63) is 11.6 Å². The summed E-state index contributed by atoms with van der Waals surface area (Å²) in [6, 6.07) is 0. The number of alkyl halides is 3. The maximum Gasteiger partial charge on any atom is 0.432 e. The molecule has 0 saturated heterocycles. The summed E-state index contributed by atoms with van der Waals surface area (Å²) in [7, 11) is -2.37. The summed E-state index contributed by atoms with van der Waals surface area (Å²) in [5.41, 5.74) is -0.980. The van der Waals surface area contributed by atoms with Crippen LogP contribution in [0.1, 0.15) is 59.8 Å². The lowest BCUT2D eigenvalue weighted by atomic mass is 9.60. The SMILES string of the molecule is CC(C)(C)[Si](C)(C)O[C@]12CC=C3CCC[C@@](C)(O)[C@@H]3[C@H]1CC(C(F)(F)F)=NO2. The Bertz CT molecular complexity index is 694. The highest BCUT2D eigenvalue weighted by Gasteiger charge is 2.61. The molecule has 0 unspecified atom stereocenters. The average molecular weight is 420 g/mol. The zero-order valence-electron chi connectivity index (χ0n) is 17.6. The van der Waals surface area contributed by atoms with Crippen molar-refractivity contribution < 1.29 is 27.5 Å². The van der Waals surface area contributed by atoms with Crippen molar-refractivity contribution in [1.29, 1.82) is 0 Å². The number of rotatable bonds is 2. The fourth-order valence-corrected chi connectivity index (χ4v) is 6.05. The number of aliphatic hydroxyl groups is 1. The summed E-state index contributed by atoms with van der Waals surface area (Å²) < 4.78 is 47.0. The molecule has 1 saturated carbocycles. The molecule has 1 aliphatic heterocycles. The van der Waals surface area contributed by atoms with E-state index in [9.17, 15) is 18.3 Å². The average Bonchev–Trinajstić information content (AvgIpc) is 2.51. The first-order valence-corrected chi connectivity index (χ1v) is 12.9. The molecule has 0 aromatic heterocycles. The Hall–Kier alpha value is -0.863. The van der Waals surface area contributed by atoms with Gasteiger partial charge in [-0.2, -0.15) is 13.2 Å². The van der Waals surface area contributed by atoms with Crippen LogP contribution in [-0.2, 0) is 9.26 Å². The topological polar surface area (TPSA) is 51.0 Å². The van der Waals surface area contributed by atoms with Gasteiger partial charge in [-0.25, -0.2) is 0 Å². The summed E-state index contributed by atoms with van der Waals surface area (Å²) in [5, 5.41) is 14.5. The smallest absolute Gasteiger partial charge is 0.390 e. The maximum absolute atomic E-state index is 13.4. The van der Waals surface area contributed by atoms with Crippen LogP contribution in [-0.4, -0.2) is 36.7 Å². The predicted octanol–water partition coefficient (Wildman–Crippen LogP) is 5.54. The molecule has 1 heterocycles. The number of hydrogen-bond acceptors (Lipinski definition) is 4. The zero-order chi connectivity index (χ0) is 21.2. The van der Waals surface area contributed by atoms with Crippen LogP contribution in [0.5, 0.6) is 0 Å². The van der Waals surface area contributed by atoms with Crippen molar-refractivity contribution in [2.75, 3.05) is 0 Å². The molecule has 4 nitrogen and oxygen atoms in total. The highest BCUT2D eigenvalue weighted by molar-refractivity contribution is 6.74. The first-order chi connectivity index (χ1) is 12.6. The molecule has 0 aromatic rings. The highest BCUT2D eigenvalue weighted by atomic mass is 28.4. The lowest BCUT2D eigenvalue weighted by Crippen LogP contribution is -2.62. The van der Waals surface area contributed by atoms with Crippen LogP contribution in [0.15, 0.2) is 16.8 Å². The lowest BCUT2D eigenvalue weighted by Gasteiger charge is -2.56. The number of fused-ring (bicyclic) bond motifs is 3. The van der Waals surface area contributed by atoms with E-state index in [1.807, 2.05) is 6.08 Å². The van der Waals surface area contributed by atoms with Crippen molar-refractivity contribution in [2.24, 2.45) is 17.0 Å². The van der Waals surface area contributed by atoms with Gasteiger partial charge < -0.3 is 14.4 Å². The first kappa shape index (κ1) is 21.8. The molecular weight excluding hydrogens is 387 g/mol. The summed E-state index contributed by atoms with van der Waals surface area (Å²) >= 11 is 0. The van der Waals surface area contributed by atoms with Gasteiger partial charge in [0.2, 0.25) is 5.79 Å². The lowest BCUT2D eigenvalue weighted by molar-refractivity contribution is -0.259. The molecule has 4 atom stereocenters. The second kappa shape index (κ2) is 6.57. The Kier molecular flexibility index (Phi) is 5.12. The third-order valence-corrected chi connectivity index (χ3v) is 11.6. The molecule has 28 heavy (non-hydrogen) atoms. The van der Waals surface area contributed by atoms with Crippen LogP contribution < -0.4 is 0 Å². The summed E-state index contributed by atoms with van der Waals surface area (Å²) in [6.45, 7) is 12.1. The Morgan fingerprint density at radius 2 is 1.93 bits per heavy atom. The van der Waals surface area contributed by atoms with Crippen LogP contribution in [0.4, 0.5) is 13.2 Å². The van der Waals surface area contributed by atoms with Gasteiger partial charge in [0.1, 0.15) is 0 Å². The number of nitrogens with zero attached hydrogens (tertiary/aromatic N) is 1. The molecule has 160 valence electrons. The van der Waals surface area contributed by atoms with Crippen LogP contribution in [0, 0.1) is 11.8 Å². The van der Waals surface area contributed by atoms with Crippen LogP contribution in [0.3, 0.4) is 0 Å². The second-order valence-electron chi connectivity index (χ2n) is 10.3. The molecule has 3 rings (SSSR count). The van der Waals surface area contributed by atoms with Crippen molar-refractivity contribution in [3.8, 4) is 0 Å². The third kappa shape index (κ3) is 3.67. The van der Waals surface area contributed by atoms with E-state index in [1.165, 1.54) is 0 Å². The van der Waals surface area contributed by atoms with Crippen molar-refractivity contribution >= 4 is 14.0 Å². The van der Waals surface area contributed by atoms with E-state index < -0.39 is 43.4 Å². The molecule has 0 spiro atoms. The van der Waals surface area contributed by atoms with E-state index in [4.69, 9.17) is 9.26 Å². The minimum absolute atomic E-state index is 0.136. The Morgan fingerprint density at radius 1 is 1.29 bits per heavy atom. The molecule has 0 bridgehead atoms. The van der Waals surface area contributed by atoms with E-state index in [0.29, 0.717) is 12.8 Å². The van der Waals surface area contributed by atoms with Crippen LogP contribution in [0.25, 0.3) is 0 Å². The summed E-state index contributed by atoms with van der Waals surface area (Å²) in [5.74, 6) is -2.30. The normalized spacial score (nSPS) is 36.6. The standard InChI is InChI=1S/C20H32F3NO3Si/c1-17(2,3)28(5,6)27-19-11-9-13-8-7-10-18(4,25)16(13)14(19)12-15(24-26-19)20(21,22)23/h9,14,16,25H,7-8,10-12H2,1-6H3/t14-,16+,18-,19-/m1/s1. The van der Waals surface area contributed by atoms with Gasteiger partial charge in [0.25, 0.3) is 0 Å². The van der Waals surface area contributed by atoms with Gasteiger partial charge in [-0.1, -0.05) is 37.6 Å². The minimum atomic E-state index is -4.55. The van der Waals surface area contributed by atoms with Crippen LogP contribution in [0.2, 0.25) is 18.1 Å². The quantitative estimate of drug-likeness (QED) is 0.472. The molecule has 3 aliphatic rings. The molecule has 2 aliphatic carbocycles. The minimum Gasteiger partial charge on any atom is -0.390 e. The number of halogens is 3. The third-order valence-electron chi connectivity index (χ3n) is 7.12. The first-order valence-electron chi connectivity index (χ1n) is 10.0. The monoisotopic (exact) mass is 419 g/mol. The van der Waals surface area contributed by atoms with Gasteiger partial charge in [0.05, 0.1) is 5.60 Å². The fourth-order valence-electron chi connectivity index (χ4n) is 4.61. The van der Waals surface area contributed by atoms with Gasteiger partial charge in [-0.15, -0.1) is 0 Å². The molecule has 1 fully saturated rings. The van der Waals surface area contributed by atoms with Gasteiger partial charge in [-0.05, 0) is 44.3 Å². The predicted molar refractivity (Wildman–Crippen MR) is 104 cm³/mol. The Labute approximate surface area is 166 Å². The van der Waals surface area contributed by atoms with Crippen molar-refractivity contribution in [1.82, 2.24) is 0 Å². The van der Waals surface area contributed by atoms with Crippen molar-refractivity contribution in [2.45, 2.75) is 95.5 Å². The molecule has 8 heteroatoms. The largest absolute Gasteiger partial charge is 0.432 e. The van der Waals surface area contributed by atoms with E-state index in [2.05, 4.69) is 39.0 Å². The maximum atomic E-state index is 13.4. The number of hydrogen-bond donors (Lipinski definition) is 1. The van der Waals surface area contributed by atoms with E-state index in [-0.39, 0.29) is 11.5 Å². The van der Waals surface area contributed by atoms with E-state index >= 15 is 0 Å². The Morgan fingerprint density at radius 3 is 2.50 bits per heavy atom. The molecule has 0 aromatic carbocycles. The number of oxime groups is 1.